The molecule has 4 rings (SSSR count). The second-order valence-electron chi connectivity index (χ2n) is 8.08. The van der Waals surface area contributed by atoms with Crippen LogP contribution in [0, 0.1) is 5.92 Å². The maximum absolute atomic E-state index is 13.2. The predicted octanol–water partition coefficient (Wildman–Crippen LogP) is 3.05. The van der Waals surface area contributed by atoms with Crippen molar-refractivity contribution in [3.05, 3.63) is 50.7 Å². The smallest absolute Gasteiger partial charge is 0.312 e. The number of hydrogen-bond acceptors (Lipinski definition) is 4. The highest BCUT2D eigenvalue weighted by Gasteiger charge is 2.29. The van der Waals surface area contributed by atoms with Crippen molar-refractivity contribution in [2.75, 3.05) is 11.4 Å². The van der Waals surface area contributed by atoms with Gasteiger partial charge in [0.2, 0.25) is 5.95 Å². The molecule has 0 N–H and O–H groups in total. The summed E-state index contributed by atoms with van der Waals surface area (Å²) < 4.78 is 4.88. The Hall–Kier alpha value is -2.83. The quantitative estimate of drug-likeness (QED) is 0.666. The summed E-state index contributed by atoms with van der Waals surface area (Å²) in [4.78, 5) is 32.9. The zero-order valence-electron chi connectivity index (χ0n) is 17.7. The molecule has 2 aromatic heterocycles. The summed E-state index contributed by atoms with van der Waals surface area (Å²) in [5.74, 6) is 1.09. The van der Waals surface area contributed by atoms with Crippen LogP contribution >= 0.6 is 0 Å². The number of anilines is 2. The van der Waals surface area contributed by atoms with Gasteiger partial charge >= 0.3 is 5.69 Å². The van der Waals surface area contributed by atoms with E-state index in [2.05, 4.69) is 49.9 Å². The molecule has 1 aromatic carbocycles. The molecule has 1 aliphatic rings. The van der Waals surface area contributed by atoms with Crippen LogP contribution in [0.3, 0.4) is 0 Å². The summed E-state index contributed by atoms with van der Waals surface area (Å²) in [5.41, 5.74) is 2.81. The lowest BCUT2D eigenvalue weighted by Gasteiger charge is -2.33. The number of rotatable bonds is 5. The zero-order valence-corrected chi connectivity index (χ0v) is 17.7. The molecule has 1 aliphatic heterocycles. The highest BCUT2D eigenvalue weighted by molar-refractivity contribution is 5.77. The first kappa shape index (κ1) is 19.5. The summed E-state index contributed by atoms with van der Waals surface area (Å²) in [6.45, 7) is 8.36. The SMILES string of the molecule is CCCCn1c(=O)c2c(nc3n2C[C@H](C)CN3c2ccc(CC)cc2)n(C)c1=O. The van der Waals surface area contributed by atoms with E-state index in [4.69, 9.17) is 4.98 Å². The first-order chi connectivity index (χ1) is 14.0. The summed E-state index contributed by atoms with van der Waals surface area (Å²) in [5, 5.41) is 0. The summed E-state index contributed by atoms with van der Waals surface area (Å²) in [6.07, 6.45) is 2.72. The number of hydrogen-bond donors (Lipinski definition) is 0. The largest absolute Gasteiger partial charge is 0.332 e. The van der Waals surface area contributed by atoms with Crippen molar-refractivity contribution in [2.45, 2.75) is 53.1 Å². The minimum Gasteiger partial charge on any atom is -0.312 e. The third-order valence-electron chi connectivity index (χ3n) is 5.83. The molecule has 0 unspecified atom stereocenters. The maximum Gasteiger partial charge on any atom is 0.332 e. The van der Waals surface area contributed by atoms with E-state index < -0.39 is 0 Å². The van der Waals surface area contributed by atoms with Gasteiger partial charge in [-0.1, -0.05) is 39.3 Å². The van der Waals surface area contributed by atoms with Gasteiger partial charge in [-0.25, -0.2) is 4.79 Å². The van der Waals surface area contributed by atoms with E-state index in [-0.39, 0.29) is 11.2 Å². The van der Waals surface area contributed by atoms with Gasteiger partial charge in [-0.2, -0.15) is 4.98 Å². The second kappa shape index (κ2) is 7.54. The number of fused-ring (bicyclic) bond motifs is 3. The van der Waals surface area contributed by atoms with Crippen LogP contribution in [-0.2, 0) is 26.6 Å². The Kier molecular flexibility index (Phi) is 5.06. The second-order valence-corrected chi connectivity index (χ2v) is 8.08. The van der Waals surface area contributed by atoms with Crippen molar-refractivity contribution < 1.29 is 0 Å². The van der Waals surface area contributed by atoms with Crippen molar-refractivity contribution >= 4 is 22.8 Å². The molecular weight excluding hydrogens is 366 g/mol. The van der Waals surface area contributed by atoms with Gasteiger partial charge in [-0.05, 0) is 36.5 Å². The Morgan fingerprint density at radius 3 is 2.48 bits per heavy atom. The Morgan fingerprint density at radius 2 is 1.83 bits per heavy atom. The van der Waals surface area contributed by atoms with Gasteiger partial charge in [0, 0.05) is 32.4 Å². The summed E-state index contributed by atoms with van der Waals surface area (Å²) in [6, 6.07) is 8.49. The standard InChI is InChI=1S/C22H29N5O2/c1-5-7-12-25-20(28)18-19(24(4)22(25)29)23-21-26(13-15(3)14-27(18)21)17-10-8-16(6-2)9-11-17/h8-11,15H,5-7,12-14H2,1-4H3/t15-/m1/s1. The molecule has 1 atom stereocenters. The van der Waals surface area contributed by atoms with Crippen LogP contribution in [0.4, 0.5) is 11.6 Å². The molecule has 0 spiro atoms. The van der Waals surface area contributed by atoms with Gasteiger partial charge in [-0.15, -0.1) is 0 Å². The molecule has 0 bridgehead atoms. The molecule has 7 nitrogen and oxygen atoms in total. The highest BCUT2D eigenvalue weighted by Crippen LogP contribution is 2.32. The van der Waals surface area contributed by atoms with Crippen LogP contribution < -0.4 is 16.1 Å². The van der Waals surface area contributed by atoms with Crippen molar-refractivity contribution in [1.82, 2.24) is 18.7 Å². The minimum atomic E-state index is -0.293. The van der Waals surface area contributed by atoms with E-state index in [0.29, 0.717) is 23.6 Å². The van der Waals surface area contributed by atoms with E-state index in [1.54, 1.807) is 7.05 Å². The predicted molar refractivity (Wildman–Crippen MR) is 116 cm³/mol. The molecule has 0 aliphatic carbocycles. The number of unbranched alkanes of at least 4 members (excludes halogenated alkanes) is 1. The first-order valence-electron chi connectivity index (χ1n) is 10.5. The van der Waals surface area contributed by atoms with Gasteiger partial charge in [-0.3, -0.25) is 13.9 Å². The summed E-state index contributed by atoms with van der Waals surface area (Å²) >= 11 is 0. The van der Waals surface area contributed by atoms with E-state index in [9.17, 15) is 9.59 Å². The molecule has 154 valence electrons. The van der Waals surface area contributed by atoms with Crippen molar-refractivity contribution in [1.29, 1.82) is 0 Å². The molecule has 0 fully saturated rings. The molecule has 0 amide bonds. The molecule has 0 saturated heterocycles. The van der Waals surface area contributed by atoms with E-state index in [0.717, 1.165) is 44.0 Å². The molecule has 3 heterocycles. The molecule has 29 heavy (non-hydrogen) atoms. The Balaban J connectivity index is 1.93. The average molecular weight is 396 g/mol. The average Bonchev–Trinajstić information content (AvgIpc) is 3.11. The number of nitrogens with zero attached hydrogens (tertiary/aromatic N) is 5. The van der Waals surface area contributed by atoms with Gasteiger partial charge in [0.25, 0.3) is 5.56 Å². The number of aryl methyl sites for hydroxylation is 2. The first-order valence-corrected chi connectivity index (χ1v) is 10.5. The molecular formula is C22H29N5O2. The number of aromatic nitrogens is 4. The van der Waals surface area contributed by atoms with Crippen LogP contribution in [0.25, 0.3) is 11.2 Å². The van der Waals surface area contributed by atoms with Crippen LogP contribution in [0.2, 0.25) is 0 Å². The fourth-order valence-corrected chi connectivity index (χ4v) is 4.15. The van der Waals surface area contributed by atoms with Crippen molar-refractivity contribution in [3.8, 4) is 0 Å². The fourth-order valence-electron chi connectivity index (χ4n) is 4.15. The van der Waals surface area contributed by atoms with Crippen molar-refractivity contribution in [2.24, 2.45) is 13.0 Å². The highest BCUT2D eigenvalue weighted by atomic mass is 16.2. The van der Waals surface area contributed by atoms with Crippen LogP contribution in [0.15, 0.2) is 33.9 Å². The lowest BCUT2D eigenvalue weighted by molar-refractivity contribution is 0.457. The third kappa shape index (κ3) is 3.18. The van der Waals surface area contributed by atoms with Crippen LogP contribution in [-0.4, -0.2) is 25.2 Å². The molecule has 0 radical (unpaired) electrons. The van der Waals surface area contributed by atoms with E-state index in [1.807, 2.05) is 4.57 Å². The topological polar surface area (TPSA) is 65.1 Å². The van der Waals surface area contributed by atoms with E-state index >= 15 is 0 Å². The normalized spacial score (nSPS) is 16.4. The van der Waals surface area contributed by atoms with Gasteiger partial charge in [0.05, 0.1) is 0 Å². The Labute approximate surface area is 170 Å². The van der Waals surface area contributed by atoms with Crippen LogP contribution in [0.5, 0.6) is 0 Å². The van der Waals surface area contributed by atoms with Crippen LogP contribution in [0.1, 0.15) is 39.2 Å². The third-order valence-corrected chi connectivity index (χ3v) is 5.83. The maximum atomic E-state index is 13.2. The van der Waals surface area contributed by atoms with Gasteiger partial charge in [0.15, 0.2) is 11.2 Å². The zero-order chi connectivity index (χ0) is 20.7. The molecule has 7 heteroatoms. The fraction of sp³-hybridized carbons (Fsp3) is 0.500. The number of imidazole rings is 1. The lowest BCUT2D eigenvalue weighted by Crippen LogP contribution is -2.40. The van der Waals surface area contributed by atoms with Gasteiger partial charge in [0.1, 0.15) is 0 Å². The Morgan fingerprint density at radius 1 is 1.10 bits per heavy atom. The molecule has 3 aromatic rings. The van der Waals surface area contributed by atoms with E-state index in [1.165, 1.54) is 14.7 Å². The molecule has 0 saturated carbocycles. The summed E-state index contributed by atoms with van der Waals surface area (Å²) in [7, 11) is 1.70. The lowest BCUT2D eigenvalue weighted by atomic mass is 10.1. The van der Waals surface area contributed by atoms with Crippen molar-refractivity contribution in [3.63, 3.8) is 0 Å². The minimum absolute atomic E-state index is 0.231. The van der Waals surface area contributed by atoms with Gasteiger partial charge < -0.3 is 9.47 Å². The Bertz CT molecular complexity index is 1150. The monoisotopic (exact) mass is 395 g/mol. The number of benzene rings is 1.